The molecule has 142 valence electrons. The van der Waals surface area contributed by atoms with Crippen LogP contribution >= 0.6 is 0 Å². The van der Waals surface area contributed by atoms with Crippen molar-refractivity contribution >= 4 is 17.5 Å². The highest BCUT2D eigenvalue weighted by atomic mass is 19.1. The lowest BCUT2D eigenvalue weighted by atomic mass is 10.1. The third-order valence-corrected chi connectivity index (χ3v) is 4.83. The highest BCUT2D eigenvalue weighted by Gasteiger charge is 2.32. The summed E-state index contributed by atoms with van der Waals surface area (Å²) in [6.07, 6.45) is 0.824. The van der Waals surface area contributed by atoms with Gasteiger partial charge < -0.3 is 14.5 Å². The van der Waals surface area contributed by atoms with E-state index in [0.29, 0.717) is 19.4 Å². The van der Waals surface area contributed by atoms with Crippen LogP contribution in [0.15, 0.2) is 48.5 Å². The number of ether oxygens (including phenoxy) is 1. The van der Waals surface area contributed by atoms with Crippen molar-refractivity contribution < 1.29 is 18.7 Å². The van der Waals surface area contributed by atoms with Crippen LogP contribution in [0.5, 0.6) is 5.75 Å². The molecule has 1 aliphatic heterocycles. The maximum atomic E-state index is 13.0. The van der Waals surface area contributed by atoms with Gasteiger partial charge in [-0.3, -0.25) is 9.59 Å². The first-order valence-electron chi connectivity index (χ1n) is 8.96. The zero-order valence-electron chi connectivity index (χ0n) is 15.5. The Morgan fingerprint density at radius 1 is 1.15 bits per heavy atom. The second-order valence-corrected chi connectivity index (χ2v) is 6.70. The van der Waals surface area contributed by atoms with Gasteiger partial charge in [-0.2, -0.15) is 0 Å². The van der Waals surface area contributed by atoms with Gasteiger partial charge in [0.25, 0.3) is 0 Å². The molecule has 0 aliphatic carbocycles. The van der Waals surface area contributed by atoms with Crippen molar-refractivity contribution in [3.05, 3.63) is 59.9 Å². The number of benzene rings is 2. The molecule has 0 radical (unpaired) electrons. The fourth-order valence-electron chi connectivity index (χ4n) is 3.24. The molecule has 0 bridgehead atoms. The molecule has 2 aromatic carbocycles. The molecular weight excluding hydrogens is 347 g/mol. The van der Waals surface area contributed by atoms with E-state index in [1.807, 2.05) is 31.2 Å². The molecule has 1 atom stereocenters. The van der Waals surface area contributed by atoms with E-state index in [9.17, 15) is 14.0 Å². The summed E-state index contributed by atoms with van der Waals surface area (Å²) in [6, 6.07) is 13.4. The monoisotopic (exact) mass is 370 g/mol. The number of hydrogen-bond donors (Lipinski definition) is 0. The van der Waals surface area contributed by atoms with E-state index in [1.165, 1.54) is 12.1 Å². The topological polar surface area (TPSA) is 49.9 Å². The Balaban J connectivity index is 1.61. The van der Waals surface area contributed by atoms with Crippen LogP contribution < -0.4 is 9.64 Å². The van der Waals surface area contributed by atoms with Crippen LogP contribution in [-0.4, -0.2) is 43.0 Å². The first-order valence-corrected chi connectivity index (χ1v) is 8.96. The maximum Gasteiger partial charge on any atom is 0.246 e. The predicted molar refractivity (Wildman–Crippen MR) is 101 cm³/mol. The number of nitrogens with zero attached hydrogens (tertiary/aromatic N) is 2. The van der Waals surface area contributed by atoms with E-state index < -0.39 is 0 Å². The number of halogens is 1. The lowest BCUT2D eigenvalue weighted by Gasteiger charge is -2.39. The Bertz CT molecular complexity index is 805. The first kappa shape index (κ1) is 18.9. The Morgan fingerprint density at radius 2 is 1.81 bits per heavy atom. The van der Waals surface area contributed by atoms with Crippen LogP contribution in [0.1, 0.15) is 18.9 Å². The summed E-state index contributed by atoms with van der Waals surface area (Å²) in [4.78, 5) is 28.5. The molecule has 27 heavy (non-hydrogen) atoms. The lowest BCUT2D eigenvalue weighted by Crippen LogP contribution is -2.57. The van der Waals surface area contributed by atoms with Crippen LogP contribution in [0, 0.1) is 5.82 Å². The minimum absolute atomic E-state index is 0.0606. The van der Waals surface area contributed by atoms with Gasteiger partial charge in [0.2, 0.25) is 11.8 Å². The highest BCUT2D eigenvalue weighted by molar-refractivity contribution is 5.98. The van der Waals surface area contributed by atoms with Crippen molar-refractivity contribution in [3.8, 4) is 5.75 Å². The maximum absolute atomic E-state index is 13.0. The number of anilines is 1. The van der Waals surface area contributed by atoms with Crippen molar-refractivity contribution in [3.63, 3.8) is 0 Å². The van der Waals surface area contributed by atoms with Crippen LogP contribution in [0.4, 0.5) is 10.1 Å². The van der Waals surface area contributed by atoms with Crippen molar-refractivity contribution in [2.75, 3.05) is 25.1 Å². The van der Waals surface area contributed by atoms with Crippen molar-refractivity contribution in [1.82, 2.24) is 4.90 Å². The quantitative estimate of drug-likeness (QED) is 0.813. The van der Waals surface area contributed by atoms with Crippen LogP contribution in [-0.2, 0) is 16.0 Å². The Kier molecular flexibility index (Phi) is 5.74. The average Bonchev–Trinajstić information content (AvgIpc) is 2.69. The van der Waals surface area contributed by atoms with Gasteiger partial charge >= 0.3 is 0 Å². The summed E-state index contributed by atoms with van der Waals surface area (Å²) >= 11 is 0. The molecule has 0 saturated carbocycles. The largest absolute Gasteiger partial charge is 0.497 e. The van der Waals surface area contributed by atoms with Gasteiger partial charge in [0.05, 0.1) is 7.11 Å². The van der Waals surface area contributed by atoms with Crippen LogP contribution in [0.25, 0.3) is 0 Å². The fraction of sp³-hybridized carbons (Fsp3) is 0.333. The summed E-state index contributed by atoms with van der Waals surface area (Å²) in [6.45, 7) is 2.46. The van der Waals surface area contributed by atoms with Crippen LogP contribution in [0.3, 0.4) is 0 Å². The van der Waals surface area contributed by atoms with Crippen molar-refractivity contribution in [2.45, 2.75) is 25.8 Å². The summed E-state index contributed by atoms with van der Waals surface area (Å²) < 4.78 is 18.1. The molecule has 0 spiro atoms. The van der Waals surface area contributed by atoms with Crippen molar-refractivity contribution in [2.24, 2.45) is 0 Å². The molecule has 1 heterocycles. The summed E-state index contributed by atoms with van der Waals surface area (Å²) in [5.41, 5.74) is 1.70. The average molecular weight is 370 g/mol. The number of piperazine rings is 1. The van der Waals surface area contributed by atoms with E-state index in [2.05, 4.69) is 0 Å². The highest BCUT2D eigenvalue weighted by Crippen LogP contribution is 2.23. The molecule has 6 heteroatoms. The van der Waals surface area contributed by atoms with Crippen molar-refractivity contribution in [1.29, 1.82) is 0 Å². The Labute approximate surface area is 158 Å². The summed E-state index contributed by atoms with van der Waals surface area (Å²) in [7, 11) is 1.60. The van der Waals surface area contributed by atoms with Gasteiger partial charge in [-0.05, 0) is 55.3 Å². The minimum Gasteiger partial charge on any atom is -0.497 e. The van der Waals surface area contributed by atoms with Gasteiger partial charge in [-0.1, -0.05) is 12.1 Å². The molecule has 1 unspecified atom stereocenters. The van der Waals surface area contributed by atoms with E-state index in [-0.39, 0.29) is 30.2 Å². The zero-order valence-corrected chi connectivity index (χ0v) is 15.5. The van der Waals surface area contributed by atoms with E-state index >= 15 is 0 Å². The van der Waals surface area contributed by atoms with Gasteiger partial charge in [-0.25, -0.2) is 4.39 Å². The number of aryl methyl sites for hydroxylation is 1. The second-order valence-electron chi connectivity index (χ2n) is 6.70. The standard InChI is InChI=1S/C21H23FN2O3/c1-15-13-24(18-8-10-19(27-2)11-9-18)21(26)14-23(15)20(25)12-5-16-3-6-17(22)7-4-16/h3-4,6-11,15H,5,12-14H2,1-2H3. The van der Waals surface area contributed by atoms with Gasteiger partial charge in [-0.15, -0.1) is 0 Å². The predicted octanol–water partition coefficient (Wildman–Crippen LogP) is 3.03. The zero-order chi connectivity index (χ0) is 19.4. The number of amides is 2. The third-order valence-electron chi connectivity index (χ3n) is 4.83. The lowest BCUT2D eigenvalue weighted by molar-refractivity contribution is -0.139. The van der Waals surface area contributed by atoms with E-state index in [0.717, 1.165) is 17.0 Å². The SMILES string of the molecule is COc1ccc(N2CC(C)N(C(=O)CCc3ccc(F)cc3)CC2=O)cc1. The summed E-state index contributed by atoms with van der Waals surface area (Å²) in [5, 5.41) is 0. The van der Waals surface area contributed by atoms with E-state index in [4.69, 9.17) is 4.74 Å². The second kappa shape index (κ2) is 8.20. The molecule has 1 fully saturated rings. The molecule has 5 nitrogen and oxygen atoms in total. The molecule has 1 saturated heterocycles. The molecule has 0 aromatic heterocycles. The normalized spacial score (nSPS) is 17.1. The number of carbonyl (C=O) groups is 2. The molecule has 3 rings (SSSR count). The van der Waals surface area contributed by atoms with Gasteiger partial charge in [0.15, 0.2) is 0 Å². The number of methoxy groups -OCH3 is 1. The third kappa shape index (κ3) is 4.45. The number of carbonyl (C=O) groups excluding carboxylic acids is 2. The first-order chi connectivity index (χ1) is 13.0. The smallest absolute Gasteiger partial charge is 0.246 e. The molecule has 2 aromatic rings. The van der Waals surface area contributed by atoms with Gasteiger partial charge in [0.1, 0.15) is 18.1 Å². The Hall–Kier alpha value is -2.89. The molecule has 2 amide bonds. The van der Waals surface area contributed by atoms with Gasteiger partial charge in [0, 0.05) is 24.7 Å². The fourth-order valence-corrected chi connectivity index (χ4v) is 3.24. The summed E-state index contributed by atoms with van der Waals surface area (Å²) in [5.74, 6) is 0.274. The molecule has 0 N–H and O–H groups in total. The van der Waals surface area contributed by atoms with Crippen LogP contribution in [0.2, 0.25) is 0 Å². The number of hydrogen-bond acceptors (Lipinski definition) is 3. The van der Waals surface area contributed by atoms with E-state index in [1.54, 1.807) is 29.0 Å². The Morgan fingerprint density at radius 3 is 2.44 bits per heavy atom. The molecule has 1 aliphatic rings. The minimum atomic E-state index is -0.293. The molecular formula is C21H23FN2O3. The number of rotatable bonds is 5.